The second kappa shape index (κ2) is 6.33. The van der Waals surface area contributed by atoms with Gasteiger partial charge in [-0.15, -0.1) is 0 Å². The lowest BCUT2D eigenvalue weighted by atomic mass is 10.0. The van der Waals surface area contributed by atoms with Crippen molar-refractivity contribution in [2.45, 2.75) is 19.8 Å². The van der Waals surface area contributed by atoms with Crippen LogP contribution in [0.25, 0.3) is 11.1 Å². The van der Waals surface area contributed by atoms with E-state index in [9.17, 15) is 9.18 Å². The van der Waals surface area contributed by atoms with Crippen LogP contribution in [0.5, 0.6) is 5.75 Å². The van der Waals surface area contributed by atoms with Gasteiger partial charge in [-0.3, -0.25) is 0 Å². The Hall–Kier alpha value is -2.16. The maximum absolute atomic E-state index is 14.0. The molecule has 2 aromatic rings. The lowest BCUT2D eigenvalue weighted by Crippen LogP contribution is -1.94. The van der Waals surface area contributed by atoms with Gasteiger partial charge in [0.1, 0.15) is 17.3 Å². The largest absolute Gasteiger partial charge is 0.497 e. The summed E-state index contributed by atoms with van der Waals surface area (Å²) in [5, 5.41) is 0. The smallest absolute Gasteiger partial charge is 0.134 e. The third-order valence-electron chi connectivity index (χ3n) is 3.21. The van der Waals surface area contributed by atoms with Gasteiger partial charge in [-0.2, -0.15) is 0 Å². The first-order valence-corrected chi connectivity index (χ1v) is 6.52. The second-order valence-corrected chi connectivity index (χ2v) is 4.74. The van der Waals surface area contributed by atoms with Crippen LogP contribution in [-0.4, -0.2) is 12.9 Å². The van der Waals surface area contributed by atoms with Crippen molar-refractivity contribution in [2.24, 2.45) is 0 Å². The van der Waals surface area contributed by atoms with Crippen molar-refractivity contribution < 1.29 is 13.9 Å². The van der Waals surface area contributed by atoms with Crippen molar-refractivity contribution in [1.29, 1.82) is 0 Å². The average molecular weight is 272 g/mol. The molecule has 0 saturated heterocycles. The molecule has 2 aromatic carbocycles. The van der Waals surface area contributed by atoms with Gasteiger partial charge in [0, 0.05) is 18.1 Å². The summed E-state index contributed by atoms with van der Waals surface area (Å²) in [4.78, 5) is 10.9. The molecule has 2 nitrogen and oxygen atoms in total. The van der Waals surface area contributed by atoms with Crippen LogP contribution in [0, 0.1) is 5.82 Å². The number of methoxy groups -OCH3 is 1. The summed E-state index contributed by atoms with van der Waals surface area (Å²) >= 11 is 0. The number of hydrogen-bond acceptors (Lipinski definition) is 2. The van der Waals surface area contributed by atoms with Crippen LogP contribution >= 0.6 is 0 Å². The van der Waals surface area contributed by atoms with Gasteiger partial charge in [-0.1, -0.05) is 24.3 Å². The lowest BCUT2D eigenvalue weighted by Gasteiger charge is -2.07. The van der Waals surface area contributed by atoms with Gasteiger partial charge >= 0.3 is 0 Å². The zero-order chi connectivity index (χ0) is 14.5. The van der Waals surface area contributed by atoms with E-state index in [1.807, 2.05) is 24.3 Å². The highest BCUT2D eigenvalue weighted by Crippen LogP contribution is 2.26. The van der Waals surface area contributed by atoms with Crippen LogP contribution in [0.1, 0.15) is 18.9 Å². The van der Waals surface area contributed by atoms with E-state index in [2.05, 4.69) is 0 Å². The van der Waals surface area contributed by atoms with Crippen LogP contribution in [0.15, 0.2) is 42.5 Å². The lowest BCUT2D eigenvalue weighted by molar-refractivity contribution is -0.116. The standard InChI is InChI=1S/C17H17FO2/c1-12(19)3-4-13-5-7-14(8-6-13)16-10-9-15(20-2)11-17(16)18/h5-11H,3-4H2,1-2H3. The molecule has 0 atom stereocenters. The molecule has 0 N–H and O–H groups in total. The van der Waals surface area contributed by atoms with Crippen LogP contribution in [0.3, 0.4) is 0 Å². The Morgan fingerprint density at radius 3 is 2.40 bits per heavy atom. The number of aryl methyl sites for hydroxylation is 1. The van der Waals surface area contributed by atoms with E-state index in [1.54, 1.807) is 19.1 Å². The summed E-state index contributed by atoms with van der Waals surface area (Å²) in [6.45, 7) is 1.58. The Balaban J connectivity index is 2.19. The molecule has 0 fully saturated rings. The fourth-order valence-corrected chi connectivity index (χ4v) is 2.03. The van der Waals surface area contributed by atoms with Crippen molar-refractivity contribution in [3.63, 3.8) is 0 Å². The summed E-state index contributed by atoms with van der Waals surface area (Å²) in [5.74, 6) is 0.375. The molecule has 0 amide bonds. The molecule has 0 bridgehead atoms. The first-order valence-electron chi connectivity index (χ1n) is 6.52. The van der Waals surface area contributed by atoms with E-state index in [0.717, 1.165) is 17.5 Å². The minimum absolute atomic E-state index is 0.176. The number of rotatable bonds is 5. The monoisotopic (exact) mass is 272 g/mol. The molecule has 0 aliphatic heterocycles. The molecule has 0 aromatic heterocycles. The van der Waals surface area contributed by atoms with Crippen LogP contribution in [-0.2, 0) is 11.2 Å². The maximum Gasteiger partial charge on any atom is 0.134 e. The molecule has 0 unspecified atom stereocenters. The highest BCUT2D eigenvalue weighted by Gasteiger charge is 2.06. The third-order valence-corrected chi connectivity index (χ3v) is 3.21. The molecule has 0 radical (unpaired) electrons. The molecular formula is C17H17FO2. The minimum Gasteiger partial charge on any atom is -0.497 e. The molecule has 0 spiro atoms. The number of halogens is 1. The number of benzene rings is 2. The number of hydrogen-bond donors (Lipinski definition) is 0. The SMILES string of the molecule is COc1ccc(-c2ccc(CCC(C)=O)cc2)c(F)c1. The predicted molar refractivity (Wildman–Crippen MR) is 77.4 cm³/mol. The number of Topliss-reactive ketones (excluding diaryl/α,β-unsaturated/α-hetero) is 1. The molecule has 20 heavy (non-hydrogen) atoms. The van der Waals surface area contributed by atoms with Crippen LogP contribution < -0.4 is 4.74 Å². The van der Waals surface area contributed by atoms with Crippen LogP contribution in [0.4, 0.5) is 4.39 Å². The van der Waals surface area contributed by atoms with E-state index >= 15 is 0 Å². The zero-order valence-electron chi connectivity index (χ0n) is 11.7. The second-order valence-electron chi connectivity index (χ2n) is 4.74. The summed E-state index contributed by atoms with van der Waals surface area (Å²) in [6.07, 6.45) is 1.26. The highest BCUT2D eigenvalue weighted by molar-refractivity contribution is 5.75. The minimum atomic E-state index is -0.305. The molecule has 0 aliphatic carbocycles. The first kappa shape index (κ1) is 14.3. The number of carbonyl (C=O) groups is 1. The molecule has 0 heterocycles. The number of ketones is 1. The van der Waals surface area contributed by atoms with Gasteiger partial charge in [0.2, 0.25) is 0 Å². The highest BCUT2D eigenvalue weighted by atomic mass is 19.1. The normalized spacial score (nSPS) is 10.3. The summed E-state index contributed by atoms with van der Waals surface area (Å²) in [5.41, 5.74) is 2.44. The van der Waals surface area contributed by atoms with E-state index in [1.165, 1.54) is 13.2 Å². The molecule has 2 rings (SSSR count). The van der Waals surface area contributed by atoms with Crippen molar-refractivity contribution in [3.05, 3.63) is 53.8 Å². The zero-order valence-corrected chi connectivity index (χ0v) is 11.7. The Morgan fingerprint density at radius 2 is 1.85 bits per heavy atom. The first-order chi connectivity index (χ1) is 9.60. The summed E-state index contributed by atoms with van der Waals surface area (Å²) in [6, 6.07) is 12.4. The fraction of sp³-hybridized carbons (Fsp3) is 0.235. The van der Waals surface area contributed by atoms with Crippen molar-refractivity contribution in [2.75, 3.05) is 7.11 Å². The average Bonchev–Trinajstić information content (AvgIpc) is 2.45. The quantitative estimate of drug-likeness (QED) is 0.821. The van der Waals surface area contributed by atoms with Gasteiger partial charge in [0.05, 0.1) is 7.11 Å². The van der Waals surface area contributed by atoms with Crippen molar-refractivity contribution in [3.8, 4) is 16.9 Å². The van der Waals surface area contributed by atoms with Gasteiger partial charge in [0.25, 0.3) is 0 Å². The Kier molecular flexibility index (Phi) is 4.51. The molecule has 0 saturated carbocycles. The topological polar surface area (TPSA) is 26.3 Å². The van der Waals surface area contributed by atoms with Gasteiger partial charge in [-0.25, -0.2) is 4.39 Å². The molecular weight excluding hydrogens is 255 g/mol. The van der Waals surface area contributed by atoms with Gasteiger partial charge < -0.3 is 9.53 Å². The summed E-state index contributed by atoms with van der Waals surface area (Å²) < 4.78 is 18.9. The predicted octanol–water partition coefficient (Wildman–Crippen LogP) is 4.02. The Morgan fingerprint density at radius 1 is 1.15 bits per heavy atom. The van der Waals surface area contributed by atoms with E-state index in [4.69, 9.17) is 4.74 Å². The number of ether oxygens (including phenoxy) is 1. The maximum atomic E-state index is 14.0. The molecule has 3 heteroatoms. The Labute approximate surface area is 118 Å². The molecule has 104 valence electrons. The fourth-order valence-electron chi connectivity index (χ4n) is 2.03. The van der Waals surface area contributed by atoms with Crippen LogP contribution in [0.2, 0.25) is 0 Å². The van der Waals surface area contributed by atoms with Crippen molar-refractivity contribution in [1.82, 2.24) is 0 Å². The van der Waals surface area contributed by atoms with E-state index in [-0.39, 0.29) is 11.6 Å². The van der Waals surface area contributed by atoms with E-state index < -0.39 is 0 Å². The Bertz CT molecular complexity index is 603. The summed E-state index contributed by atoms with van der Waals surface area (Å²) in [7, 11) is 1.51. The molecule has 0 aliphatic rings. The third kappa shape index (κ3) is 3.44. The van der Waals surface area contributed by atoms with Gasteiger partial charge in [-0.05, 0) is 36.6 Å². The number of carbonyl (C=O) groups excluding carboxylic acids is 1. The van der Waals surface area contributed by atoms with E-state index in [0.29, 0.717) is 17.7 Å². The van der Waals surface area contributed by atoms with Gasteiger partial charge in [0.15, 0.2) is 0 Å². The van der Waals surface area contributed by atoms with Crippen molar-refractivity contribution >= 4 is 5.78 Å².